The van der Waals surface area contributed by atoms with Crippen LogP contribution in [0.2, 0.25) is 0 Å². The minimum Gasteiger partial charge on any atom is -0.505 e. The molecule has 3 rings (SSSR count). The first-order valence-corrected chi connectivity index (χ1v) is 7.68. The molecule has 5 heteroatoms. The van der Waals surface area contributed by atoms with E-state index in [2.05, 4.69) is 31.0 Å². The Balaban J connectivity index is 2.24. The van der Waals surface area contributed by atoms with Crippen LogP contribution in [-0.4, -0.2) is 20.1 Å². The maximum absolute atomic E-state index is 10.5. The predicted molar refractivity (Wildman–Crippen MR) is 88.8 cm³/mol. The third-order valence-electron chi connectivity index (χ3n) is 3.68. The summed E-state index contributed by atoms with van der Waals surface area (Å²) in [6, 6.07) is 11.5. The molecular formula is C17H18ClN3O. The second-order valence-electron chi connectivity index (χ2n) is 6.36. The molecule has 3 aromatic rings. The average molecular weight is 316 g/mol. The first-order chi connectivity index (χ1) is 10.4. The van der Waals surface area contributed by atoms with Crippen LogP contribution in [0.4, 0.5) is 0 Å². The summed E-state index contributed by atoms with van der Waals surface area (Å²) >= 11 is 5.98. The lowest BCUT2D eigenvalue weighted by atomic mass is 9.85. The molecule has 22 heavy (non-hydrogen) atoms. The number of fused-ring (bicyclic) bond motifs is 1. The number of alkyl halides is 1. The van der Waals surface area contributed by atoms with Gasteiger partial charge in [0.15, 0.2) is 0 Å². The van der Waals surface area contributed by atoms with Gasteiger partial charge in [0.2, 0.25) is 0 Å². The summed E-state index contributed by atoms with van der Waals surface area (Å²) in [7, 11) is 0. The lowest BCUT2D eigenvalue weighted by molar-refractivity contribution is 0.461. The van der Waals surface area contributed by atoms with Crippen LogP contribution in [0, 0.1) is 0 Å². The Hall–Kier alpha value is -2.07. The van der Waals surface area contributed by atoms with E-state index in [1.165, 1.54) is 4.80 Å². The monoisotopic (exact) mass is 315 g/mol. The Bertz CT molecular complexity index is 801. The Labute approximate surface area is 134 Å². The zero-order chi connectivity index (χ0) is 15.9. The lowest BCUT2D eigenvalue weighted by Gasteiger charge is -2.21. The number of rotatable bonds is 2. The van der Waals surface area contributed by atoms with Gasteiger partial charge in [0.05, 0.1) is 5.88 Å². The molecule has 0 aliphatic heterocycles. The number of benzene rings is 2. The lowest BCUT2D eigenvalue weighted by Crippen LogP contribution is -2.13. The van der Waals surface area contributed by atoms with Gasteiger partial charge in [-0.1, -0.05) is 39.0 Å². The van der Waals surface area contributed by atoms with E-state index >= 15 is 0 Å². The number of halogens is 1. The summed E-state index contributed by atoms with van der Waals surface area (Å²) in [5.41, 5.74) is 3.84. The third-order valence-corrected chi connectivity index (χ3v) is 3.97. The maximum atomic E-state index is 10.5. The fourth-order valence-corrected chi connectivity index (χ4v) is 2.54. The highest BCUT2D eigenvalue weighted by Gasteiger charge is 2.20. The van der Waals surface area contributed by atoms with Gasteiger partial charge in [-0.25, -0.2) is 0 Å². The van der Waals surface area contributed by atoms with E-state index in [1.807, 2.05) is 36.4 Å². The molecule has 4 nitrogen and oxygen atoms in total. The molecule has 2 aromatic carbocycles. The molecule has 0 radical (unpaired) electrons. The molecule has 0 amide bonds. The molecule has 0 unspecified atom stereocenters. The van der Waals surface area contributed by atoms with Crippen LogP contribution in [0.25, 0.3) is 16.7 Å². The molecule has 0 bridgehead atoms. The maximum Gasteiger partial charge on any atom is 0.147 e. The SMILES string of the molecule is CC(C)(C)c1cc(CCl)c(O)c(-n2nc3ccccc3n2)c1. The molecule has 0 aliphatic rings. The van der Waals surface area contributed by atoms with Crippen molar-refractivity contribution in [1.29, 1.82) is 0 Å². The number of nitrogens with zero attached hydrogens (tertiary/aromatic N) is 3. The molecule has 1 aromatic heterocycles. The standard InChI is InChI=1S/C17H18ClN3O/c1-17(2,3)12-8-11(10-18)16(22)15(9-12)21-19-13-6-4-5-7-14(13)20-21/h4-9,22H,10H2,1-3H3. The summed E-state index contributed by atoms with van der Waals surface area (Å²) in [5, 5.41) is 19.4. The zero-order valence-corrected chi connectivity index (χ0v) is 13.6. The van der Waals surface area contributed by atoms with Gasteiger partial charge in [0, 0.05) is 5.56 Å². The number of aromatic hydroxyl groups is 1. The molecule has 0 aliphatic carbocycles. The summed E-state index contributed by atoms with van der Waals surface area (Å²) in [6.07, 6.45) is 0. The van der Waals surface area contributed by atoms with Crippen LogP contribution in [0.1, 0.15) is 31.9 Å². The summed E-state index contributed by atoms with van der Waals surface area (Å²) in [6.45, 7) is 6.36. The van der Waals surface area contributed by atoms with Crippen molar-refractivity contribution in [3.63, 3.8) is 0 Å². The Morgan fingerprint density at radius 3 is 2.18 bits per heavy atom. The second-order valence-corrected chi connectivity index (χ2v) is 6.63. The van der Waals surface area contributed by atoms with Gasteiger partial charge >= 0.3 is 0 Å². The molecule has 0 saturated carbocycles. The van der Waals surface area contributed by atoms with Crippen LogP contribution in [0.5, 0.6) is 5.75 Å². The minimum atomic E-state index is -0.0597. The number of phenolic OH excluding ortho intramolecular Hbond substituents is 1. The van der Waals surface area contributed by atoms with Crippen molar-refractivity contribution in [1.82, 2.24) is 15.0 Å². The molecule has 0 atom stereocenters. The van der Waals surface area contributed by atoms with Gasteiger partial charge in [0.25, 0.3) is 0 Å². The van der Waals surface area contributed by atoms with Crippen LogP contribution in [0.3, 0.4) is 0 Å². The van der Waals surface area contributed by atoms with Gasteiger partial charge in [-0.05, 0) is 29.2 Å². The van der Waals surface area contributed by atoms with E-state index in [1.54, 1.807) is 0 Å². The number of phenols is 1. The number of hydrogen-bond acceptors (Lipinski definition) is 3. The highest BCUT2D eigenvalue weighted by atomic mass is 35.5. The van der Waals surface area contributed by atoms with Gasteiger partial charge in [0.1, 0.15) is 22.5 Å². The van der Waals surface area contributed by atoms with E-state index in [-0.39, 0.29) is 17.0 Å². The van der Waals surface area contributed by atoms with Crippen molar-refractivity contribution < 1.29 is 5.11 Å². The summed E-state index contributed by atoms with van der Waals surface area (Å²) in [4.78, 5) is 1.48. The van der Waals surface area contributed by atoms with Crippen molar-refractivity contribution in [2.45, 2.75) is 32.1 Å². The van der Waals surface area contributed by atoms with Gasteiger partial charge in [-0.15, -0.1) is 26.6 Å². The fourth-order valence-electron chi connectivity index (χ4n) is 2.33. The first kappa shape index (κ1) is 14.9. The number of hydrogen-bond donors (Lipinski definition) is 1. The number of aromatic nitrogens is 3. The van der Waals surface area contributed by atoms with E-state index in [4.69, 9.17) is 11.6 Å². The third kappa shape index (κ3) is 2.55. The molecule has 0 saturated heterocycles. The Morgan fingerprint density at radius 2 is 1.68 bits per heavy atom. The topological polar surface area (TPSA) is 50.9 Å². The Kier molecular flexibility index (Phi) is 3.57. The van der Waals surface area contributed by atoms with Crippen molar-refractivity contribution in [2.24, 2.45) is 0 Å². The van der Waals surface area contributed by atoms with Crippen LogP contribution in [0.15, 0.2) is 36.4 Å². The summed E-state index contributed by atoms with van der Waals surface area (Å²) in [5.74, 6) is 0.368. The first-order valence-electron chi connectivity index (χ1n) is 7.15. The molecule has 114 valence electrons. The molecule has 0 spiro atoms. The molecular weight excluding hydrogens is 298 g/mol. The van der Waals surface area contributed by atoms with Crippen molar-refractivity contribution in [2.75, 3.05) is 0 Å². The largest absolute Gasteiger partial charge is 0.505 e. The Morgan fingerprint density at radius 1 is 1.09 bits per heavy atom. The summed E-state index contributed by atoms with van der Waals surface area (Å²) < 4.78 is 0. The van der Waals surface area contributed by atoms with Crippen LogP contribution >= 0.6 is 11.6 Å². The molecule has 0 fully saturated rings. The highest BCUT2D eigenvalue weighted by molar-refractivity contribution is 6.17. The fraction of sp³-hybridized carbons (Fsp3) is 0.294. The van der Waals surface area contributed by atoms with Crippen LogP contribution < -0.4 is 0 Å². The van der Waals surface area contributed by atoms with Gasteiger partial charge in [-0.3, -0.25) is 0 Å². The van der Waals surface area contributed by atoms with E-state index in [0.29, 0.717) is 11.3 Å². The van der Waals surface area contributed by atoms with Crippen molar-refractivity contribution >= 4 is 22.6 Å². The minimum absolute atomic E-state index is 0.0597. The predicted octanol–water partition coefficient (Wildman–Crippen LogP) is 4.16. The molecule has 1 heterocycles. The van der Waals surface area contributed by atoms with Gasteiger partial charge in [-0.2, -0.15) is 0 Å². The van der Waals surface area contributed by atoms with Crippen molar-refractivity contribution in [3.05, 3.63) is 47.5 Å². The van der Waals surface area contributed by atoms with Crippen molar-refractivity contribution in [3.8, 4) is 11.4 Å². The van der Waals surface area contributed by atoms with Crippen LogP contribution in [-0.2, 0) is 11.3 Å². The smallest absolute Gasteiger partial charge is 0.147 e. The van der Waals surface area contributed by atoms with E-state index < -0.39 is 0 Å². The van der Waals surface area contributed by atoms with E-state index in [0.717, 1.165) is 16.6 Å². The zero-order valence-electron chi connectivity index (χ0n) is 12.8. The quantitative estimate of drug-likeness (QED) is 0.722. The normalized spacial score (nSPS) is 12.0. The van der Waals surface area contributed by atoms with E-state index in [9.17, 15) is 5.11 Å². The molecule has 1 N–H and O–H groups in total. The second kappa shape index (κ2) is 5.29. The highest BCUT2D eigenvalue weighted by Crippen LogP contribution is 2.33. The van der Waals surface area contributed by atoms with Gasteiger partial charge < -0.3 is 5.11 Å². The average Bonchev–Trinajstić information content (AvgIpc) is 2.89.